The van der Waals surface area contributed by atoms with Crippen molar-refractivity contribution >= 4 is 14.8 Å². The quantitative estimate of drug-likeness (QED) is 0.468. The van der Waals surface area contributed by atoms with Gasteiger partial charge >= 0.3 is 0 Å². The summed E-state index contributed by atoms with van der Waals surface area (Å²) in [6, 6.07) is 0. The first kappa shape index (κ1) is 11.1. The van der Waals surface area contributed by atoms with Gasteiger partial charge in [0.25, 0.3) is 0 Å². The number of allylic oxidation sites excluding steroid dienone is 1. The Kier molecular flexibility index (Phi) is 3.45. The molecule has 0 spiro atoms. The van der Waals surface area contributed by atoms with E-state index in [0.717, 1.165) is 12.2 Å². The maximum Gasteiger partial charge on any atom is 0.144 e. The van der Waals surface area contributed by atoms with Crippen LogP contribution in [0, 0.1) is 0 Å². The van der Waals surface area contributed by atoms with Crippen LogP contribution in [-0.2, 0) is 0 Å². The number of hydrogen-bond acceptors (Lipinski definition) is 0. The van der Waals surface area contributed by atoms with E-state index in [1.54, 1.807) is 0 Å². The van der Waals surface area contributed by atoms with Crippen molar-refractivity contribution in [3.63, 3.8) is 0 Å². The van der Waals surface area contributed by atoms with Crippen LogP contribution < -0.4 is 0 Å². The van der Waals surface area contributed by atoms with Crippen LogP contribution in [0.2, 0.25) is 37.7 Å². The molecule has 0 saturated carbocycles. The van der Waals surface area contributed by atoms with E-state index in [1.165, 1.54) is 31.1 Å². The summed E-state index contributed by atoms with van der Waals surface area (Å²) in [5, 5.41) is 0. The molecule has 0 N–H and O–H groups in total. The minimum absolute atomic E-state index is 0.895. The highest BCUT2D eigenvalue weighted by Gasteiger charge is 2.38. The van der Waals surface area contributed by atoms with Gasteiger partial charge < -0.3 is 0 Å². The van der Waals surface area contributed by atoms with E-state index in [1.807, 2.05) is 0 Å². The molecular weight excluding hydrogens is 171 g/mol. The van der Waals surface area contributed by atoms with Gasteiger partial charge in [0.1, 0.15) is 6.71 Å². The van der Waals surface area contributed by atoms with Crippen molar-refractivity contribution in [3.05, 3.63) is 12.2 Å². The molecule has 0 aliphatic carbocycles. The van der Waals surface area contributed by atoms with Crippen molar-refractivity contribution in [3.8, 4) is 0 Å². The molecule has 1 saturated heterocycles. The normalized spacial score (nSPS) is 23.7. The van der Waals surface area contributed by atoms with Gasteiger partial charge in [-0.1, -0.05) is 56.1 Å². The summed E-state index contributed by atoms with van der Waals surface area (Å²) in [6.07, 6.45) is 5.71. The zero-order valence-electron chi connectivity index (χ0n) is 9.69. The topological polar surface area (TPSA) is 0 Å². The van der Waals surface area contributed by atoms with Crippen LogP contribution in [0.15, 0.2) is 12.2 Å². The molecule has 1 heterocycles. The molecule has 13 heavy (non-hydrogen) atoms. The summed E-state index contributed by atoms with van der Waals surface area (Å²) in [6.45, 7) is 14.8. The van der Waals surface area contributed by atoms with Crippen LogP contribution in [0.25, 0.3) is 0 Å². The maximum atomic E-state index is 4.05. The second-order valence-electron chi connectivity index (χ2n) is 5.82. The molecule has 1 rings (SSSR count). The van der Waals surface area contributed by atoms with Crippen molar-refractivity contribution in [2.24, 2.45) is 0 Å². The van der Waals surface area contributed by atoms with E-state index >= 15 is 0 Å². The molecule has 0 amide bonds. The van der Waals surface area contributed by atoms with Crippen LogP contribution in [0.1, 0.15) is 19.8 Å². The van der Waals surface area contributed by atoms with E-state index in [0.29, 0.717) is 0 Å². The second-order valence-corrected chi connectivity index (χ2v) is 11.3. The van der Waals surface area contributed by atoms with Gasteiger partial charge in [-0.2, -0.15) is 0 Å². The van der Waals surface area contributed by atoms with Gasteiger partial charge in [-0.05, 0) is 6.92 Å². The molecule has 1 fully saturated rings. The van der Waals surface area contributed by atoms with Gasteiger partial charge in [0, 0.05) is 8.07 Å². The smallest absolute Gasteiger partial charge is 0.101 e. The van der Waals surface area contributed by atoms with E-state index in [4.69, 9.17) is 0 Å². The highest BCUT2D eigenvalue weighted by molar-refractivity contribution is 6.90. The number of rotatable bonds is 3. The zero-order chi connectivity index (χ0) is 10.1. The summed E-state index contributed by atoms with van der Waals surface area (Å²) >= 11 is 0. The highest BCUT2D eigenvalue weighted by atomic mass is 28.3. The molecule has 0 unspecified atom stereocenters. The molecule has 0 nitrogen and oxygen atoms in total. The Morgan fingerprint density at radius 1 is 1.46 bits per heavy atom. The van der Waals surface area contributed by atoms with Crippen LogP contribution in [0.4, 0.5) is 0 Å². The fourth-order valence-electron chi connectivity index (χ4n) is 2.87. The molecule has 0 aromatic heterocycles. The van der Waals surface area contributed by atoms with Gasteiger partial charge in [-0.15, -0.1) is 6.58 Å². The Bertz CT molecular complexity index is 193. The van der Waals surface area contributed by atoms with Gasteiger partial charge in [0.15, 0.2) is 0 Å². The van der Waals surface area contributed by atoms with Crippen molar-refractivity contribution in [2.45, 2.75) is 57.5 Å². The first-order chi connectivity index (χ1) is 5.91. The molecule has 0 radical (unpaired) electrons. The van der Waals surface area contributed by atoms with Crippen molar-refractivity contribution in [2.75, 3.05) is 0 Å². The summed E-state index contributed by atoms with van der Waals surface area (Å²) < 4.78 is 0. The maximum absolute atomic E-state index is 4.05. The van der Waals surface area contributed by atoms with Crippen molar-refractivity contribution in [1.29, 1.82) is 0 Å². The molecule has 2 heteroatoms. The van der Waals surface area contributed by atoms with E-state index in [2.05, 4.69) is 33.1 Å². The first-order valence-electron chi connectivity index (χ1n) is 5.55. The lowest BCUT2D eigenvalue weighted by Crippen LogP contribution is -2.35. The Hall–Kier alpha value is 0.0218. The standard InChI is InChI=1S/C11H23BSi/c1-10(2)9-12-8-6-7-11(12)13(3,4)5/h11H,1,6-9H2,2-5H3/t11-/m1/s1. The van der Waals surface area contributed by atoms with Gasteiger partial charge in [-0.3, -0.25) is 0 Å². The highest BCUT2D eigenvalue weighted by Crippen LogP contribution is 2.40. The molecule has 74 valence electrons. The molecular formula is C11H23BSi. The average molecular weight is 194 g/mol. The third kappa shape index (κ3) is 3.01. The van der Waals surface area contributed by atoms with Crippen molar-refractivity contribution < 1.29 is 0 Å². The molecule has 1 aliphatic heterocycles. The molecule has 1 aliphatic rings. The van der Waals surface area contributed by atoms with Crippen LogP contribution in [0.3, 0.4) is 0 Å². The Balaban J connectivity index is 2.59. The van der Waals surface area contributed by atoms with Crippen molar-refractivity contribution in [1.82, 2.24) is 0 Å². The molecule has 1 atom stereocenters. The predicted octanol–water partition coefficient (Wildman–Crippen LogP) is 4.10. The second kappa shape index (κ2) is 4.04. The fourth-order valence-corrected chi connectivity index (χ4v) is 5.64. The fraction of sp³-hybridized carbons (Fsp3) is 0.818. The van der Waals surface area contributed by atoms with E-state index < -0.39 is 8.07 Å². The molecule has 0 bridgehead atoms. The first-order valence-corrected chi connectivity index (χ1v) is 9.13. The zero-order valence-corrected chi connectivity index (χ0v) is 10.7. The Morgan fingerprint density at radius 3 is 2.54 bits per heavy atom. The molecule has 0 aromatic carbocycles. The Morgan fingerprint density at radius 2 is 2.08 bits per heavy atom. The van der Waals surface area contributed by atoms with E-state index in [9.17, 15) is 0 Å². The van der Waals surface area contributed by atoms with Gasteiger partial charge in [0.2, 0.25) is 0 Å². The van der Waals surface area contributed by atoms with Crippen LogP contribution in [-0.4, -0.2) is 14.8 Å². The third-order valence-electron chi connectivity index (χ3n) is 3.38. The summed E-state index contributed by atoms with van der Waals surface area (Å²) in [4.78, 5) is 0. The summed E-state index contributed by atoms with van der Waals surface area (Å²) in [5.74, 6) is 0. The predicted molar refractivity (Wildman–Crippen MR) is 66.5 cm³/mol. The minimum Gasteiger partial charge on any atom is -0.101 e. The minimum atomic E-state index is -0.895. The number of hydrogen-bond donors (Lipinski definition) is 0. The lowest BCUT2D eigenvalue weighted by molar-refractivity contribution is 0.887. The van der Waals surface area contributed by atoms with E-state index in [-0.39, 0.29) is 0 Å². The summed E-state index contributed by atoms with van der Waals surface area (Å²) in [7, 11) is -0.895. The lowest BCUT2D eigenvalue weighted by atomic mass is 9.44. The Labute approximate surface area is 84.9 Å². The SMILES string of the molecule is C=C(C)CB1CCC[C@H]1[Si](C)(C)C. The average Bonchev–Trinajstić information content (AvgIpc) is 2.31. The molecule has 0 aromatic rings. The summed E-state index contributed by atoms with van der Waals surface area (Å²) in [5.41, 5.74) is 2.44. The van der Waals surface area contributed by atoms with Gasteiger partial charge in [0.05, 0.1) is 0 Å². The largest absolute Gasteiger partial charge is 0.144 e. The third-order valence-corrected chi connectivity index (χ3v) is 6.37. The van der Waals surface area contributed by atoms with Gasteiger partial charge in [-0.25, -0.2) is 0 Å². The monoisotopic (exact) mass is 194 g/mol. The lowest BCUT2D eigenvalue weighted by Gasteiger charge is -2.29. The van der Waals surface area contributed by atoms with Crippen LogP contribution in [0.5, 0.6) is 0 Å². The van der Waals surface area contributed by atoms with Crippen LogP contribution >= 0.6 is 0 Å².